The SMILES string of the molecule is C[C@@H](NC(=O)COc1cccc(Br)c1)C1CC1. The third kappa shape index (κ3) is 4.04. The molecule has 0 unspecified atom stereocenters. The van der Waals surface area contributed by atoms with Crippen molar-refractivity contribution in [2.75, 3.05) is 6.61 Å². The summed E-state index contributed by atoms with van der Waals surface area (Å²) in [6, 6.07) is 7.75. The molecule has 2 rings (SSSR count). The van der Waals surface area contributed by atoms with Gasteiger partial charge >= 0.3 is 0 Å². The molecule has 0 bridgehead atoms. The minimum Gasteiger partial charge on any atom is -0.484 e. The Morgan fingerprint density at radius 3 is 3.00 bits per heavy atom. The fourth-order valence-corrected chi connectivity index (χ4v) is 2.09. The minimum atomic E-state index is -0.0515. The van der Waals surface area contributed by atoms with Crippen molar-refractivity contribution in [1.29, 1.82) is 0 Å². The molecule has 1 aliphatic rings. The number of amides is 1. The number of hydrogen-bond acceptors (Lipinski definition) is 2. The first-order chi connectivity index (χ1) is 8.15. The quantitative estimate of drug-likeness (QED) is 0.907. The van der Waals surface area contributed by atoms with Gasteiger partial charge in [0.2, 0.25) is 0 Å². The van der Waals surface area contributed by atoms with E-state index < -0.39 is 0 Å². The maximum atomic E-state index is 11.6. The molecule has 1 amide bonds. The van der Waals surface area contributed by atoms with Gasteiger partial charge in [0, 0.05) is 10.5 Å². The van der Waals surface area contributed by atoms with Gasteiger partial charge in [0.05, 0.1) is 0 Å². The van der Waals surface area contributed by atoms with Gasteiger partial charge in [0.15, 0.2) is 6.61 Å². The highest BCUT2D eigenvalue weighted by Crippen LogP contribution is 2.32. The average Bonchev–Trinajstić information content (AvgIpc) is 3.10. The van der Waals surface area contributed by atoms with Crippen LogP contribution in [0.15, 0.2) is 28.7 Å². The molecule has 1 aliphatic carbocycles. The van der Waals surface area contributed by atoms with Gasteiger partial charge < -0.3 is 10.1 Å². The lowest BCUT2D eigenvalue weighted by Crippen LogP contribution is -2.37. The second-order valence-electron chi connectivity index (χ2n) is 4.44. The summed E-state index contributed by atoms with van der Waals surface area (Å²) in [5, 5.41) is 2.95. The highest BCUT2D eigenvalue weighted by molar-refractivity contribution is 9.10. The van der Waals surface area contributed by atoms with Gasteiger partial charge in [-0.2, -0.15) is 0 Å². The fraction of sp³-hybridized carbons (Fsp3) is 0.462. The second kappa shape index (κ2) is 5.54. The summed E-state index contributed by atoms with van der Waals surface area (Å²) >= 11 is 3.36. The van der Waals surface area contributed by atoms with Gasteiger partial charge in [-0.05, 0) is 43.9 Å². The zero-order chi connectivity index (χ0) is 12.3. The summed E-state index contributed by atoms with van der Waals surface area (Å²) in [5.74, 6) is 1.32. The normalized spacial score (nSPS) is 16.4. The third-order valence-corrected chi connectivity index (χ3v) is 3.38. The van der Waals surface area contributed by atoms with Crippen LogP contribution < -0.4 is 10.1 Å². The van der Waals surface area contributed by atoms with Crippen LogP contribution in [-0.2, 0) is 4.79 Å². The van der Waals surface area contributed by atoms with Gasteiger partial charge in [-0.25, -0.2) is 0 Å². The first-order valence-electron chi connectivity index (χ1n) is 5.83. The molecule has 0 aliphatic heterocycles. The molecule has 1 N–H and O–H groups in total. The molecule has 1 saturated carbocycles. The van der Waals surface area contributed by atoms with Gasteiger partial charge in [0.25, 0.3) is 5.91 Å². The molecule has 1 atom stereocenters. The Kier molecular flexibility index (Phi) is 4.05. The zero-order valence-corrected chi connectivity index (χ0v) is 11.4. The summed E-state index contributed by atoms with van der Waals surface area (Å²) in [5.41, 5.74) is 0. The topological polar surface area (TPSA) is 38.3 Å². The third-order valence-electron chi connectivity index (χ3n) is 2.88. The molecule has 4 heteroatoms. The maximum absolute atomic E-state index is 11.6. The first-order valence-corrected chi connectivity index (χ1v) is 6.62. The van der Waals surface area contributed by atoms with E-state index in [0.29, 0.717) is 11.7 Å². The summed E-state index contributed by atoms with van der Waals surface area (Å²) < 4.78 is 6.35. The number of rotatable bonds is 5. The molecular weight excluding hydrogens is 282 g/mol. The van der Waals surface area contributed by atoms with Crippen LogP contribution >= 0.6 is 15.9 Å². The molecule has 0 aromatic heterocycles. The van der Waals surface area contributed by atoms with E-state index in [1.54, 1.807) is 0 Å². The Morgan fingerprint density at radius 1 is 1.59 bits per heavy atom. The van der Waals surface area contributed by atoms with E-state index in [1.165, 1.54) is 12.8 Å². The van der Waals surface area contributed by atoms with Gasteiger partial charge in [-0.1, -0.05) is 22.0 Å². The predicted octanol–water partition coefficient (Wildman–Crippen LogP) is 2.74. The average molecular weight is 298 g/mol. The number of hydrogen-bond donors (Lipinski definition) is 1. The Morgan fingerprint density at radius 2 is 2.35 bits per heavy atom. The zero-order valence-electron chi connectivity index (χ0n) is 9.78. The van der Waals surface area contributed by atoms with Crippen molar-refractivity contribution in [2.24, 2.45) is 5.92 Å². The maximum Gasteiger partial charge on any atom is 0.258 e. The summed E-state index contributed by atoms with van der Waals surface area (Å²) in [4.78, 5) is 11.6. The Labute approximate surface area is 110 Å². The molecule has 0 radical (unpaired) electrons. The Balaban J connectivity index is 1.75. The van der Waals surface area contributed by atoms with Crippen LogP contribution in [0.25, 0.3) is 0 Å². The number of carbonyl (C=O) groups is 1. The molecule has 1 aromatic rings. The van der Waals surface area contributed by atoms with Crippen LogP contribution in [0.4, 0.5) is 0 Å². The molecule has 0 heterocycles. The van der Waals surface area contributed by atoms with Crippen LogP contribution in [0.5, 0.6) is 5.75 Å². The van der Waals surface area contributed by atoms with E-state index in [2.05, 4.69) is 28.2 Å². The lowest BCUT2D eigenvalue weighted by Gasteiger charge is -2.13. The van der Waals surface area contributed by atoms with Crippen molar-refractivity contribution in [3.8, 4) is 5.75 Å². The fourth-order valence-electron chi connectivity index (χ4n) is 1.72. The number of nitrogens with one attached hydrogen (secondary N) is 1. The van der Waals surface area contributed by atoms with Crippen molar-refractivity contribution < 1.29 is 9.53 Å². The summed E-state index contributed by atoms with van der Waals surface area (Å²) in [6.07, 6.45) is 2.46. The van der Waals surface area contributed by atoms with Crippen molar-refractivity contribution in [2.45, 2.75) is 25.8 Å². The second-order valence-corrected chi connectivity index (χ2v) is 5.36. The summed E-state index contributed by atoms with van der Waals surface area (Å²) in [7, 11) is 0. The van der Waals surface area contributed by atoms with Crippen LogP contribution in [0, 0.1) is 5.92 Å². The van der Waals surface area contributed by atoms with Crippen molar-refractivity contribution in [1.82, 2.24) is 5.32 Å². The van der Waals surface area contributed by atoms with Crippen LogP contribution in [0.2, 0.25) is 0 Å². The van der Waals surface area contributed by atoms with Gasteiger partial charge in [-0.15, -0.1) is 0 Å². The van der Waals surface area contributed by atoms with E-state index >= 15 is 0 Å². The molecule has 0 spiro atoms. The van der Waals surface area contributed by atoms with E-state index in [-0.39, 0.29) is 18.6 Å². The van der Waals surface area contributed by atoms with Gasteiger partial charge in [-0.3, -0.25) is 4.79 Å². The van der Waals surface area contributed by atoms with E-state index in [0.717, 1.165) is 4.47 Å². The van der Waals surface area contributed by atoms with Crippen molar-refractivity contribution in [3.05, 3.63) is 28.7 Å². The predicted molar refractivity (Wildman–Crippen MR) is 70.0 cm³/mol. The Hall–Kier alpha value is -1.03. The lowest BCUT2D eigenvalue weighted by molar-refractivity contribution is -0.123. The van der Waals surface area contributed by atoms with Crippen molar-refractivity contribution in [3.63, 3.8) is 0 Å². The van der Waals surface area contributed by atoms with Crippen LogP contribution in [0.1, 0.15) is 19.8 Å². The van der Waals surface area contributed by atoms with Gasteiger partial charge in [0.1, 0.15) is 5.75 Å². The Bertz CT molecular complexity index is 404. The standard InChI is InChI=1S/C13H16BrNO2/c1-9(10-5-6-10)15-13(16)8-17-12-4-2-3-11(14)7-12/h2-4,7,9-10H,5-6,8H2,1H3,(H,15,16)/t9-/m1/s1. The van der Waals surface area contributed by atoms with Crippen LogP contribution in [-0.4, -0.2) is 18.6 Å². The van der Waals surface area contributed by atoms with Crippen molar-refractivity contribution >= 4 is 21.8 Å². The van der Waals surface area contributed by atoms with Crippen LogP contribution in [0.3, 0.4) is 0 Å². The van der Waals surface area contributed by atoms with E-state index in [4.69, 9.17) is 4.74 Å². The van der Waals surface area contributed by atoms with E-state index in [9.17, 15) is 4.79 Å². The number of ether oxygens (including phenoxy) is 1. The first kappa shape index (κ1) is 12.4. The number of halogens is 1. The highest BCUT2D eigenvalue weighted by atomic mass is 79.9. The number of carbonyl (C=O) groups excluding carboxylic acids is 1. The molecule has 3 nitrogen and oxygen atoms in total. The van der Waals surface area contributed by atoms with E-state index in [1.807, 2.05) is 24.3 Å². The summed E-state index contributed by atoms with van der Waals surface area (Å²) in [6.45, 7) is 2.13. The smallest absolute Gasteiger partial charge is 0.258 e. The molecule has 92 valence electrons. The molecule has 0 saturated heterocycles. The largest absolute Gasteiger partial charge is 0.484 e. The number of benzene rings is 1. The molecule has 1 fully saturated rings. The molecule has 1 aromatic carbocycles. The molecule has 17 heavy (non-hydrogen) atoms. The lowest BCUT2D eigenvalue weighted by atomic mass is 10.2. The highest BCUT2D eigenvalue weighted by Gasteiger charge is 2.28. The monoisotopic (exact) mass is 297 g/mol. The minimum absolute atomic E-state index is 0.0515. The molecular formula is C13H16BrNO2.